The van der Waals surface area contributed by atoms with Crippen molar-refractivity contribution >= 4 is 29.0 Å². The Hall–Kier alpha value is -3.61. The van der Waals surface area contributed by atoms with Crippen LogP contribution in [-0.2, 0) is 23.9 Å². The fourth-order valence-electron chi connectivity index (χ4n) is 3.13. The Morgan fingerprint density at radius 1 is 1.06 bits per heavy atom. The van der Waals surface area contributed by atoms with Gasteiger partial charge in [0.05, 0.1) is 0 Å². The Kier molecular flexibility index (Phi) is 7.07. The highest BCUT2D eigenvalue weighted by Gasteiger charge is 2.34. The van der Waals surface area contributed by atoms with Gasteiger partial charge in [0.1, 0.15) is 0 Å². The van der Waals surface area contributed by atoms with Crippen LogP contribution in [0.4, 0.5) is 11.4 Å². The first-order valence-corrected chi connectivity index (χ1v) is 10.2. The van der Waals surface area contributed by atoms with E-state index in [0.717, 1.165) is 12.0 Å². The van der Waals surface area contributed by atoms with Crippen LogP contribution < -0.4 is 10.6 Å². The predicted octanol–water partition coefficient (Wildman–Crippen LogP) is 3.99. The van der Waals surface area contributed by atoms with Gasteiger partial charge in [-0.3, -0.25) is 9.59 Å². The molecule has 0 saturated carbocycles. The normalized spacial score (nSPS) is 15.1. The molecule has 0 aromatic heterocycles. The summed E-state index contributed by atoms with van der Waals surface area (Å²) >= 11 is 0. The van der Waals surface area contributed by atoms with Crippen molar-refractivity contribution in [2.45, 2.75) is 39.2 Å². The van der Waals surface area contributed by atoms with Crippen LogP contribution in [0.3, 0.4) is 0 Å². The van der Waals surface area contributed by atoms with Gasteiger partial charge in [0.2, 0.25) is 11.7 Å². The Balaban J connectivity index is 1.70. The van der Waals surface area contributed by atoms with Crippen molar-refractivity contribution in [2.75, 3.05) is 17.2 Å². The molecule has 1 heterocycles. The molecule has 7 nitrogen and oxygen atoms in total. The summed E-state index contributed by atoms with van der Waals surface area (Å²) in [5, 5.41) is 5.73. The van der Waals surface area contributed by atoms with Gasteiger partial charge in [0.25, 0.3) is 5.91 Å². The summed E-state index contributed by atoms with van der Waals surface area (Å²) < 4.78 is 10.6. The third-order valence-electron chi connectivity index (χ3n) is 5.10. The summed E-state index contributed by atoms with van der Waals surface area (Å²) in [5.74, 6) is -1.60. The van der Waals surface area contributed by atoms with E-state index in [1.807, 2.05) is 30.3 Å². The fraction of sp³-hybridized carbons (Fsp3) is 0.292. The number of ether oxygens (including phenoxy) is 2. The summed E-state index contributed by atoms with van der Waals surface area (Å²) in [5.41, 5.74) is 2.11. The maximum atomic E-state index is 12.6. The minimum absolute atomic E-state index is 0.0240. The molecule has 31 heavy (non-hydrogen) atoms. The summed E-state index contributed by atoms with van der Waals surface area (Å²) in [7, 11) is 0. The van der Waals surface area contributed by atoms with Crippen molar-refractivity contribution in [1.82, 2.24) is 0 Å². The van der Waals surface area contributed by atoms with Crippen molar-refractivity contribution in [3.8, 4) is 0 Å². The van der Waals surface area contributed by atoms with Crippen LogP contribution in [-0.4, -0.2) is 30.4 Å². The highest BCUT2D eigenvalue weighted by Crippen LogP contribution is 2.27. The van der Waals surface area contributed by atoms with E-state index in [1.165, 1.54) is 6.92 Å². The van der Waals surface area contributed by atoms with E-state index in [4.69, 9.17) is 9.47 Å². The van der Waals surface area contributed by atoms with E-state index in [2.05, 4.69) is 24.5 Å². The molecule has 162 valence electrons. The van der Waals surface area contributed by atoms with Gasteiger partial charge in [-0.1, -0.05) is 50.2 Å². The maximum absolute atomic E-state index is 12.6. The number of esters is 1. The highest BCUT2D eigenvalue weighted by molar-refractivity contribution is 6.20. The molecule has 2 atom stereocenters. The van der Waals surface area contributed by atoms with Crippen molar-refractivity contribution in [3.63, 3.8) is 0 Å². The standard InChI is InChI=1S/C24H26N2O5/c1-4-15(2)18-12-8-9-13-19(18)26-22(28)16(3)31-24(29)21-20(27)14-30-23(21)25-17-10-6-5-7-11-17/h5-13,15-16,25H,4,14H2,1-3H3,(H,26,28)/t15-,16+/m0/s1. The first-order chi connectivity index (χ1) is 14.9. The van der Waals surface area contributed by atoms with Crippen LogP contribution in [0, 0.1) is 0 Å². The number of carbonyl (C=O) groups is 3. The number of ketones is 1. The largest absolute Gasteiger partial charge is 0.470 e. The average molecular weight is 422 g/mol. The molecule has 0 unspecified atom stereocenters. The number of para-hydroxylation sites is 2. The summed E-state index contributed by atoms with van der Waals surface area (Å²) in [6.45, 7) is 5.35. The number of benzene rings is 2. The number of hydrogen-bond acceptors (Lipinski definition) is 6. The first-order valence-electron chi connectivity index (χ1n) is 10.2. The molecule has 2 aromatic rings. The van der Waals surface area contributed by atoms with Crippen LogP contribution in [0.5, 0.6) is 0 Å². The Morgan fingerprint density at radius 3 is 2.45 bits per heavy atom. The molecule has 0 radical (unpaired) electrons. The second kappa shape index (κ2) is 9.93. The van der Waals surface area contributed by atoms with Gasteiger partial charge in [-0.05, 0) is 43.0 Å². The van der Waals surface area contributed by atoms with Crippen molar-refractivity contribution < 1.29 is 23.9 Å². The highest BCUT2D eigenvalue weighted by atomic mass is 16.6. The lowest BCUT2D eigenvalue weighted by Crippen LogP contribution is -2.32. The van der Waals surface area contributed by atoms with Crippen LogP contribution in [0.1, 0.15) is 38.7 Å². The second-order valence-corrected chi connectivity index (χ2v) is 7.34. The van der Waals surface area contributed by atoms with Crippen LogP contribution >= 0.6 is 0 Å². The van der Waals surface area contributed by atoms with E-state index in [-0.39, 0.29) is 24.0 Å². The van der Waals surface area contributed by atoms with Crippen molar-refractivity contribution in [1.29, 1.82) is 0 Å². The van der Waals surface area contributed by atoms with Gasteiger partial charge in [-0.2, -0.15) is 0 Å². The zero-order valence-corrected chi connectivity index (χ0v) is 17.8. The zero-order chi connectivity index (χ0) is 22.4. The van der Waals surface area contributed by atoms with Gasteiger partial charge in [-0.25, -0.2) is 4.79 Å². The third kappa shape index (κ3) is 5.31. The number of Topliss-reactive ketones (excluding diaryl/α,β-unsaturated/α-hetero) is 1. The van der Waals surface area contributed by atoms with Gasteiger partial charge < -0.3 is 20.1 Å². The lowest BCUT2D eigenvalue weighted by atomic mass is 9.97. The monoisotopic (exact) mass is 422 g/mol. The Bertz CT molecular complexity index is 1000. The number of rotatable bonds is 8. The minimum Gasteiger partial charge on any atom is -0.470 e. The molecular formula is C24H26N2O5. The molecule has 3 rings (SSSR count). The molecule has 7 heteroatoms. The van der Waals surface area contributed by atoms with Gasteiger partial charge in [0.15, 0.2) is 18.3 Å². The van der Waals surface area contributed by atoms with Crippen LogP contribution in [0.15, 0.2) is 66.1 Å². The number of anilines is 2. The lowest BCUT2D eigenvalue weighted by Gasteiger charge is -2.18. The molecule has 2 aromatic carbocycles. The minimum atomic E-state index is -1.10. The molecule has 0 spiro atoms. The van der Waals surface area contributed by atoms with Crippen LogP contribution in [0.2, 0.25) is 0 Å². The average Bonchev–Trinajstić information content (AvgIpc) is 3.14. The number of hydrogen-bond donors (Lipinski definition) is 2. The number of carbonyl (C=O) groups excluding carboxylic acids is 3. The molecule has 1 amide bonds. The van der Waals surface area contributed by atoms with Gasteiger partial charge in [-0.15, -0.1) is 0 Å². The van der Waals surface area contributed by atoms with Crippen LogP contribution in [0.25, 0.3) is 0 Å². The molecule has 1 aliphatic rings. The molecule has 0 fully saturated rings. The molecule has 0 saturated heterocycles. The van der Waals surface area contributed by atoms with E-state index < -0.39 is 23.8 Å². The van der Waals surface area contributed by atoms with Gasteiger partial charge >= 0.3 is 5.97 Å². The number of amides is 1. The van der Waals surface area contributed by atoms with E-state index in [0.29, 0.717) is 11.4 Å². The summed E-state index contributed by atoms with van der Waals surface area (Å²) in [6, 6.07) is 16.5. The molecule has 2 N–H and O–H groups in total. The molecule has 1 aliphatic heterocycles. The third-order valence-corrected chi connectivity index (χ3v) is 5.10. The molecular weight excluding hydrogens is 396 g/mol. The maximum Gasteiger partial charge on any atom is 0.348 e. The number of nitrogens with one attached hydrogen (secondary N) is 2. The predicted molar refractivity (Wildman–Crippen MR) is 117 cm³/mol. The lowest BCUT2D eigenvalue weighted by molar-refractivity contribution is -0.150. The quantitative estimate of drug-likeness (QED) is 0.493. The topological polar surface area (TPSA) is 93.7 Å². The second-order valence-electron chi connectivity index (χ2n) is 7.34. The molecule has 0 aliphatic carbocycles. The van der Waals surface area contributed by atoms with Crippen molar-refractivity contribution in [2.24, 2.45) is 0 Å². The zero-order valence-electron chi connectivity index (χ0n) is 17.8. The van der Waals surface area contributed by atoms with Gasteiger partial charge in [0, 0.05) is 11.4 Å². The van der Waals surface area contributed by atoms with Crippen molar-refractivity contribution in [3.05, 3.63) is 71.6 Å². The van der Waals surface area contributed by atoms with E-state index in [1.54, 1.807) is 24.3 Å². The summed E-state index contributed by atoms with van der Waals surface area (Å²) in [4.78, 5) is 37.5. The Morgan fingerprint density at radius 2 is 1.74 bits per heavy atom. The van der Waals surface area contributed by atoms with E-state index >= 15 is 0 Å². The SMILES string of the molecule is CC[C@H](C)c1ccccc1NC(=O)[C@@H](C)OC(=O)C1=C(Nc2ccccc2)OCC1=O. The molecule has 0 bridgehead atoms. The summed E-state index contributed by atoms with van der Waals surface area (Å²) in [6.07, 6.45) is -0.179. The van der Waals surface area contributed by atoms with E-state index in [9.17, 15) is 14.4 Å². The first kappa shape index (κ1) is 22.1. The smallest absolute Gasteiger partial charge is 0.348 e. The fourth-order valence-corrected chi connectivity index (χ4v) is 3.13. The Labute approximate surface area is 181 Å².